The van der Waals surface area contributed by atoms with Gasteiger partial charge in [0.05, 0.1) is 18.7 Å². The summed E-state index contributed by atoms with van der Waals surface area (Å²) in [5, 5.41) is 3.02. The van der Waals surface area contributed by atoms with Crippen molar-refractivity contribution in [2.24, 2.45) is 0 Å². The highest BCUT2D eigenvalue weighted by molar-refractivity contribution is 5.76. The molecule has 0 spiro atoms. The van der Waals surface area contributed by atoms with Crippen molar-refractivity contribution < 1.29 is 9.53 Å². The second-order valence-electron chi connectivity index (χ2n) is 4.95. The lowest BCUT2D eigenvalue weighted by molar-refractivity contribution is -0.122. The molecule has 0 bridgehead atoms. The number of amides is 1. The van der Waals surface area contributed by atoms with Crippen LogP contribution < -0.4 is 15.8 Å². The molecule has 0 saturated carbocycles. The zero-order valence-corrected chi connectivity index (χ0v) is 11.3. The van der Waals surface area contributed by atoms with Crippen LogP contribution in [0.1, 0.15) is 12.8 Å². The molecule has 1 aromatic carbocycles. The first-order valence-electron chi connectivity index (χ1n) is 6.60. The molecule has 1 aliphatic heterocycles. The number of benzene rings is 1. The van der Waals surface area contributed by atoms with E-state index in [1.54, 1.807) is 12.1 Å². The van der Waals surface area contributed by atoms with E-state index < -0.39 is 0 Å². The highest BCUT2D eigenvalue weighted by atomic mass is 16.5. The first-order chi connectivity index (χ1) is 9.15. The number of nitrogens with one attached hydrogen (secondary N) is 1. The first-order valence-corrected chi connectivity index (χ1v) is 6.60. The molecule has 1 amide bonds. The number of likely N-dealkylation sites (tertiary alicyclic amines) is 1. The van der Waals surface area contributed by atoms with Crippen LogP contribution in [0.2, 0.25) is 0 Å². The van der Waals surface area contributed by atoms with Crippen molar-refractivity contribution in [1.29, 1.82) is 0 Å². The average molecular weight is 263 g/mol. The summed E-state index contributed by atoms with van der Waals surface area (Å²) in [5.41, 5.74) is 6.35. The highest BCUT2D eigenvalue weighted by Crippen LogP contribution is 2.19. The van der Waals surface area contributed by atoms with Crippen molar-refractivity contribution in [1.82, 2.24) is 10.2 Å². The summed E-state index contributed by atoms with van der Waals surface area (Å²) in [6.45, 7) is 2.32. The Morgan fingerprint density at radius 3 is 3.00 bits per heavy atom. The fourth-order valence-electron chi connectivity index (χ4n) is 2.22. The van der Waals surface area contributed by atoms with E-state index in [9.17, 15) is 4.79 Å². The van der Waals surface area contributed by atoms with Gasteiger partial charge in [0, 0.05) is 12.6 Å². The highest BCUT2D eigenvalue weighted by Gasteiger charge is 2.20. The minimum absolute atomic E-state index is 0.0369. The standard InChI is InChI=1S/C14H21N3O2/c1-17-8-6-11(10-17)16-14(18)7-9-19-13-5-3-2-4-12(13)15/h2-5,11H,6-10,15H2,1H3,(H,16,18). The Labute approximate surface area is 113 Å². The fraction of sp³-hybridized carbons (Fsp3) is 0.500. The van der Waals surface area contributed by atoms with Gasteiger partial charge in [-0.1, -0.05) is 12.1 Å². The van der Waals surface area contributed by atoms with Crippen LogP contribution in [-0.4, -0.2) is 43.6 Å². The third-order valence-corrected chi connectivity index (χ3v) is 3.26. The van der Waals surface area contributed by atoms with Gasteiger partial charge in [-0.25, -0.2) is 0 Å². The molecule has 0 aromatic heterocycles. The number of carbonyl (C=O) groups excluding carboxylic acids is 1. The molecule has 1 aliphatic rings. The molecule has 0 radical (unpaired) electrons. The number of ether oxygens (including phenoxy) is 1. The van der Waals surface area contributed by atoms with Gasteiger partial charge < -0.3 is 20.7 Å². The summed E-state index contributed by atoms with van der Waals surface area (Å²) < 4.78 is 5.50. The lowest BCUT2D eigenvalue weighted by Gasteiger charge is -2.13. The molecule has 1 saturated heterocycles. The number of nitrogen functional groups attached to an aromatic ring is 1. The SMILES string of the molecule is CN1CCC(NC(=O)CCOc2ccccc2N)C1. The van der Waals surface area contributed by atoms with Gasteiger partial charge in [0.1, 0.15) is 5.75 Å². The molecule has 19 heavy (non-hydrogen) atoms. The first kappa shape index (κ1) is 13.7. The third kappa shape index (κ3) is 4.13. The van der Waals surface area contributed by atoms with Crippen molar-refractivity contribution in [2.75, 3.05) is 32.5 Å². The molecular weight excluding hydrogens is 242 g/mol. The molecule has 3 N–H and O–H groups in total. The van der Waals surface area contributed by atoms with E-state index in [-0.39, 0.29) is 11.9 Å². The van der Waals surface area contributed by atoms with Crippen LogP contribution in [0, 0.1) is 0 Å². The summed E-state index contributed by atoms with van der Waals surface area (Å²) >= 11 is 0. The van der Waals surface area contributed by atoms with Gasteiger partial charge in [-0.3, -0.25) is 4.79 Å². The number of hydrogen-bond donors (Lipinski definition) is 2. The Bertz CT molecular complexity index is 436. The Balaban J connectivity index is 1.68. The lowest BCUT2D eigenvalue weighted by atomic mass is 10.2. The molecule has 104 valence electrons. The molecular formula is C14H21N3O2. The maximum atomic E-state index is 11.7. The minimum Gasteiger partial charge on any atom is -0.491 e. The van der Waals surface area contributed by atoms with Crippen molar-refractivity contribution in [3.63, 3.8) is 0 Å². The second kappa shape index (κ2) is 6.43. The van der Waals surface area contributed by atoms with Crippen molar-refractivity contribution in [3.8, 4) is 5.75 Å². The zero-order valence-electron chi connectivity index (χ0n) is 11.3. The number of likely N-dealkylation sites (N-methyl/N-ethyl adjacent to an activating group) is 1. The predicted molar refractivity (Wildman–Crippen MR) is 75.0 cm³/mol. The molecule has 1 heterocycles. The van der Waals surface area contributed by atoms with Gasteiger partial charge in [-0.15, -0.1) is 0 Å². The summed E-state index contributed by atoms with van der Waals surface area (Å²) in [4.78, 5) is 14.0. The number of anilines is 1. The van der Waals surface area contributed by atoms with Crippen molar-refractivity contribution in [3.05, 3.63) is 24.3 Å². The van der Waals surface area contributed by atoms with E-state index in [0.29, 0.717) is 24.5 Å². The second-order valence-corrected chi connectivity index (χ2v) is 4.95. The van der Waals surface area contributed by atoms with Gasteiger partial charge in [-0.05, 0) is 32.1 Å². The van der Waals surface area contributed by atoms with Gasteiger partial charge in [-0.2, -0.15) is 0 Å². The van der Waals surface area contributed by atoms with E-state index in [0.717, 1.165) is 19.5 Å². The number of carbonyl (C=O) groups is 1. The van der Waals surface area contributed by atoms with E-state index in [1.807, 2.05) is 12.1 Å². The average Bonchev–Trinajstić information content (AvgIpc) is 2.77. The van der Waals surface area contributed by atoms with Crippen LogP contribution in [0.3, 0.4) is 0 Å². The van der Waals surface area contributed by atoms with Gasteiger partial charge in [0.25, 0.3) is 0 Å². The molecule has 5 nitrogen and oxygen atoms in total. The quantitative estimate of drug-likeness (QED) is 0.773. The van der Waals surface area contributed by atoms with E-state index in [1.165, 1.54) is 0 Å². The van der Waals surface area contributed by atoms with Crippen molar-refractivity contribution >= 4 is 11.6 Å². The topological polar surface area (TPSA) is 67.6 Å². The fourth-order valence-corrected chi connectivity index (χ4v) is 2.22. The molecule has 1 fully saturated rings. The number of para-hydroxylation sites is 2. The Kier molecular flexibility index (Phi) is 4.63. The van der Waals surface area contributed by atoms with Gasteiger partial charge >= 0.3 is 0 Å². The van der Waals surface area contributed by atoms with Crippen LogP contribution >= 0.6 is 0 Å². The molecule has 5 heteroatoms. The molecule has 0 aliphatic carbocycles. The van der Waals surface area contributed by atoms with E-state index >= 15 is 0 Å². The maximum absolute atomic E-state index is 11.7. The largest absolute Gasteiger partial charge is 0.491 e. The molecule has 1 unspecified atom stereocenters. The smallest absolute Gasteiger partial charge is 0.223 e. The minimum atomic E-state index is 0.0369. The monoisotopic (exact) mass is 263 g/mol. The van der Waals surface area contributed by atoms with Crippen LogP contribution in [0.25, 0.3) is 0 Å². The Morgan fingerprint density at radius 1 is 1.53 bits per heavy atom. The summed E-state index contributed by atoms with van der Waals surface area (Å²) in [7, 11) is 2.06. The molecule has 2 rings (SSSR count). The van der Waals surface area contributed by atoms with Crippen molar-refractivity contribution in [2.45, 2.75) is 18.9 Å². The van der Waals surface area contributed by atoms with Gasteiger partial charge in [0.15, 0.2) is 0 Å². The number of nitrogens with two attached hydrogens (primary N) is 1. The van der Waals surface area contributed by atoms with Crippen LogP contribution in [0.15, 0.2) is 24.3 Å². The molecule has 1 atom stereocenters. The Hall–Kier alpha value is -1.75. The van der Waals surface area contributed by atoms with Crippen LogP contribution in [-0.2, 0) is 4.79 Å². The van der Waals surface area contributed by atoms with Crippen LogP contribution in [0.4, 0.5) is 5.69 Å². The number of nitrogens with zero attached hydrogens (tertiary/aromatic N) is 1. The van der Waals surface area contributed by atoms with Crippen LogP contribution in [0.5, 0.6) is 5.75 Å². The van der Waals surface area contributed by atoms with E-state index in [2.05, 4.69) is 17.3 Å². The summed E-state index contributed by atoms with van der Waals surface area (Å²) in [6.07, 6.45) is 1.38. The Morgan fingerprint density at radius 2 is 2.32 bits per heavy atom. The van der Waals surface area contributed by atoms with E-state index in [4.69, 9.17) is 10.5 Å². The maximum Gasteiger partial charge on any atom is 0.223 e. The lowest BCUT2D eigenvalue weighted by Crippen LogP contribution is -2.37. The third-order valence-electron chi connectivity index (χ3n) is 3.26. The predicted octanol–water partition coefficient (Wildman–Crippen LogP) is 0.858. The molecule has 1 aromatic rings. The number of rotatable bonds is 5. The summed E-state index contributed by atoms with van der Waals surface area (Å²) in [5.74, 6) is 0.672. The normalized spacial score (nSPS) is 19.3. The summed E-state index contributed by atoms with van der Waals surface area (Å²) in [6, 6.07) is 7.58. The number of hydrogen-bond acceptors (Lipinski definition) is 4. The van der Waals surface area contributed by atoms with Gasteiger partial charge in [0.2, 0.25) is 5.91 Å². The zero-order chi connectivity index (χ0) is 13.7.